The molecule has 0 bridgehead atoms. The molecule has 1 rings (SSSR count). The normalized spacial score (nSPS) is 12.3. The van der Waals surface area contributed by atoms with Gasteiger partial charge < -0.3 is 4.74 Å². The van der Waals surface area contributed by atoms with E-state index in [1.165, 1.54) is 12.1 Å². The summed E-state index contributed by atoms with van der Waals surface area (Å²) in [6.45, 7) is 7.77. The first-order chi connectivity index (χ1) is 7.69. The van der Waals surface area contributed by atoms with Crippen LogP contribution in [0, 0.1) is 0 Å². The summed E-state index contributed by atoms with van der Waals surface area (Å²) < 4.78 is 40.5. The lowest BCUT2D eigenvalue weighted by Gasteiger charge is -2.15. The molecule has 1 aromatic rings. The molecule has 96 valence electrons. The smallest absolute Gasteiger partial charge is 0.406 e. The molecule has 0 spiro atoms. The zero-order valence-corrected chi connectivity index (χ0v) is 10.4. The van der Waals surface area contributed by atoms with Crippen molar-refractivity contribution < 1.29 is 17.9 Å². The first kappa shape index (κ1) is 13.9. The van der Waals surface area contributed by atoms with Gasteiger partial charge >= 0.3 is 6.36 Å². The van der Waals surface area contributed by atoms with Crippen molar-refractivity contribution in [3.63, 3.8) is 0 Å². The second kappa shape index (κ2) is 4.98. The van der Waals surface area contributed by atoms with E-state index in [2.05, 4.69) is 4.74 Å². The maximum absolute atomic E-state index is 12.2. The minimum Gasteiger partial charge on any atom is -0.406 e. The Labute approximate surface area is 99.6 Å². The molecule has 0 fully saturated rings. The van der Waals surface area contributed by atoms with Gasteiger partial charge in [-0.15, -0.1) is 13.2 Å². The van der Waals surface area contributed by atoms with Crippen LogP contribution in [0.2, 0.25) is 0 Å². The standard InChI is InChI=1S/C13H17F3O/c1-8(2)10-5-11(9(3)4)7-12(6-10)17-13(14,15)16/h5-9H,1-4H3. The minimum absolute atomic E-state index is 0.132. The molecule has 0 aliphatic carbocycles. The van der Waals surface area contributed by atoms with Gasteiger partial charge in [-0.25, -0.2) is 0 Å². The minimum atomic E-state index is -4.64. The SMILES string of the molecule is CC(C)c1cc(OC(F)(F)F)cc(C(C)C)c1. The Kier molecular flexibility index (Phi) is 4.07. The Morgan fingerprint density at radius 1 is 0.882 bits per heavy atom. The van der Waals surface area contributed by atoms with Crippen LogP contribution in [0.5, 0.6) is 5.75 Å². The molecular weight excluding hydrogens is 229 g/mol. The highest BCUT2D eigenvalue weighted by Gasteiger charge is 2.31. The Morgan fingerprint density at radius 3 is 1.59 bits per heavy atom. The summed E-state index contributed by atoms with van der Waals surface area (Å²) in [7, 11) is 0. The number of rotatable bonds is 3. The van der Waals surface area contributed by atoms with E-state index in [1.807, 2.05) is 33.8 Å². The fourth-order valence-electron chi connectivity index (χ4n) is 1.51. The third kappa shape index (κ3) is 4.29. The topological polar surface area (TPSA) is 9.23 Å². The molecule has 0 heterocycles. The zero-order chi connectivity index (χ0) is 13.2. The number of benzene rings is 1. The Hall–Kier alpha value is -1.19. The molecule has 0 aromatic heterocycles. The molecule has 0 amide bonds. The predicted octanol–water partition coefficient (Wildman–Crippen LogP) is 4.83. The van der Waals surface area contributed by atoms with Gasteiger partial charge in [-0.1, -0.05) is 33.8 Å². The highest BCUT2D eigenvalue weighted by Crippen LogP contribution is 2.30. The largest absolute Gasteiger partial charge is 0.573 e. The van der Waals surface area contributed by atoms with Crippen molar-refractivity contribution >= 4 is 0 Å². The first-order valence-electron chi connectivity index (χ1n) is 5.59. The Morgan fingerprint density at radius 2 is 1.29 bits per heavy atom. The van der Waals surface area contributed by atoms with Crippen molar-refractivity contribution in [2.24, 2.45) is 0 Å². The maximum atomic E-state index is 12.2. The molecule has 1 aromatic carbocycles. The van der Waals surface area contributed by atoms with Crippen LogP contribution in [0.4, 0.5) is 13.2 Å². The zero-order valence-electron chi connectivity index (χ0n) is 10.4. The maximum Gasteiger partial charge on any atom is 0.573 e. The van der Waals surface area contributed by atoms with Crippen molar-refractivity contribution in [2.45, 2.75) is 45.9 Å². The molecule has 0 aliphatic heterocycles. The van der Waals surface area contributed by atoms with Gasteiger partial charge in [0.2, 0.25) is 0 Å². The molecule has 0 radical (unpaired) electrons. The van der Waals surface area contributed by atoms with E-state index >= 15 is 0 Å². The average molecular weight is 246 g/mol. The summed E-state index contributed by atoms with van der Waals surface area (Å²) in [5.74, 6) is 0.209. The Balaban J connectivity index is 3.13. The summed E-state index contributed by atoms with van der Waals surface area (Å²) in [6.07, 6.45) is -4.64. The highest BCUT2D eigenvalue weighted by atomic mass is 19.4. The molecule has 4 heteroatoms. The van der Waals surface area contributed by atoms with E-state index in [0.717, 1.165) is 11.1 Å². The fourth-order valence-corrected chi connectivity index (χ4v) is 1.51. The van der Waals surface area contributed by atoms with Gasteiger partial charge in [0.25, 0.3) is 0 Å². The molecular formula is C13H17F3O. The monoisotopic (exact) mass is 246 g/mol. The van der Waals surface area contributed by atoms with E-state index in [4.69, 9.17) is 0 Å². The van der Waals surface area contributed by atoms with Crippen molar-refractivity contribution in [2.75, 3.05) is 0 Å². The van der Waals surface area contributed by atoms with Crippen LogP contribution < -0.4 is 4.74 Å². The van der Waals surface area contributed by atoms with E-state index in [0.29, 0.717) is 0 Å². The molecule has 0 N–H and O–H groups in total. The molecule has 1 nitrogen and oxygen atoms in total. The van der Waals surface area contributed by atoms with E-state index < -0.39 is 6.36 Å². The van der Waals surface area contributed by atoms with Gasteiger partial charge in [0.1, 0.15) is 5.75 Å². The summed E-state index contributed by atoms with van der Waals surface area (Å²) >= 11 is 0. The number of alkyl halides is 3. The predicted molar refractivity (Wildman–Crippen MR) is 61.3 cm³/mol. The fraction of sp³-hybridized carbons (Fsp3) is 0.538. The first-order valence-corrected chi connectivity index (χ1v) is 5.59. The summed E-state index contributed by atoms with van der Waals surface area (Å²) in [4.78, 5) is 0. The summed E-state index contributed by atoms with van der Waals surface area (Å²) in [6, 6.07) is 4.83. The van der Waals surface area contributed by atoms with Crippen LogP contribution in [-0.2, 0) is 0 Å². The van der Waals surface area contributed by atoms with Crippen molar-refractivity contribution in [3.8, 4) is 5.75 Å². The molecule has 0 atom stereocenters. The van der Waals surface area contributed by atoms with E-state index in [1.54, 1.807) is 0 Å². The molecule has 0 saturated carbocycles. The lowest BCUT2D eigenvalue weighted by atomic mass is 9.95. The summed E-state index contributed by atoms with van der Waals surface area (Å²) in [5.41, 5.74) is 1.71. The number of hydrogen-bond donors (Lipinski definition) is 0. The summed E-state index contributed by atoms with van der Waals surface area (Å²) in [5, 5.41) is 0. The lowest BCUT2D eigenvalue weighted by Crippen LogP contribution is -2.17. The van der Waals surface area contributed by atoms with Gasteiger partial charge in [-0.05, 0) is 35.1 Å². The number of ether oxygens (including phenoxy) is 1. The van der Waals surface area contributed by atoms with E-state index in [9.17, 15) is 13.2 Å². The third-order valence-corrected chi connectivity index (χ3v) is 2.52. The van der Waals surface area contributed by atoms with Crippen molar-refractivity contribution in [3.05, 3.63) is 29.3 Å². The van der Waals surface area contributed by atoms with Crippen molar-refractivity contribution in [1.82, 2.24) is 0 Å². The highest BCUT2D eigenvalue weighted by molar-refractivity contribution is 5.37. The lowest BCUT2D eigenvalue weighted by molar-refractivity contribution is -0.274. The number of hydrogen-bond acceptors (Lipinski definition) is 1. The van der Waals surface area contributed by atoms with Crippen molar-refractivity contribution in [1.29, 1.82) is 0 Å². The number of halogens is 3. The van der Waals surface area contributed by atoms with Gasteiger partial charge in [0.05, 0.1) is 0 Å². The van der Waals surface area contributed by atoms with Crippen LogP contribution >= 0.6 is 0 Å². The van der Waals surface area contributed by atoms with Gasteiger partial charge in [0.15, 0.2) is 0 Å². The second-order valence-electron chi connectivity index (χ2n) is 4.69. The third-order valence-electron chi connectivity index (χ3n) is 2.52. The van der Waals surface area contributed by atoms with E-state index in [-0.39, 0.29) is 17.6 Å². The van der Waals surface area contributed by atoms with Crippen LogP contribution in [0.1, 0.15) is 50.7 Å². The van der Waals surface area contributed by atoms with Crippen LogP contribution in [0.3, 0.4) is 0 Å². The molecule has 17 heavy (non-hydrogen) atoms. The quantitative estimate of drug-likeness (QED) is 0.742. The average Bonchev–Trinajstić information content (AvgIpc) is 2.14. The van der Waals surface area contributed by atoms with Gasteiger partial charge in [0, 0.05) is 0 Å². The van der Waals surface area contributed by atoms with Crippen LogP contribution in [0.15, 0.2) is 18.2 Å². The van der Waals surface area contributed by atoms with Crippen LogP contribution in [0.25, 0.3) is 0 Å². The molecule has 0 unspecified atom stereocenters. The molecule has 0 saturated heterocycles. The second-order valence-corrected chi connectivity index (χ2v) is 4.69. The molecule has 0 aliphatic rings. The van der Waals surface area contributed by atoms with Crippen LogP contribution in [-0.4, -0.2) is 6.36 Å². The van der Waals surface area contributed by atoms with Gasteiger partial charge in [-0.2, -0.15) is 0 Å². The van der Waals surface area contributed by atoms with Gasteiger partial charge in [-0.3, -0.25) is 0 Å². The Bertz CT molecular complexity index is 354.